The fourth-order valence-electron chi connectivity index (χ4n) is 3.59. The van der Waals surface area contributed by atoms with Crippen molar-refractivity contribution < 1.29 is 13.2 Å². The van der Waals surface area contributed by atoms with Crippen LogP contribution in [0.15, 0.2) is 4.99 Å². The lowest BCUT2D eigenvalue weighted by Crippen LogP contribution is -2.56. The summed E-state index contributed by atoms with van der Waals surface area (Å²) in [5.74, 6) is 0.800. The van der Waals surface area contributed by atoms with Crippen LogP contribution < -0.4 is 5.32 Å². The molecule has 0 bridgehead atoms. The van der Waals surface area contributed by atoms with Crippen molar-refractivity contribution in [2.45, 2.75) is 32.0 Å². The average Bonchev–Trinajstić information content (AvgIpc) is 2.65. The van der Waals surface area contributed by atoms with E-state index in [1.165, 1.54) is 11.8 Å². The first-order chi connectivity index (χ1) is 12.8. The van der Waals surface area contributed by atoms with E-state index in [4.69, 9.17) is 0 Å². The maximum Gasteiger partial charge on any atom is 0.403 e. The molecule has 0 aromatic carbocycles. The summed E-state index contributed by atoms with van der Waals surface area (Å²) in [6.45, 7) is 9.75. The van der Waals surface area contributed by atoms with Crippen LogP contribution in [0.2, 0.25) is 0 Å². The zero-order valence-electron chi connectivity index (χ0n) is 17.3. The molecule has 28 heavy (non-hydrogen) atoms. The fourth-order valence-corrected chi connectivity index (χ4v) is 3.59. The molecule has 0 aromatic rings. The number of nitrogens with zero attached hydrogens (tertiary/aromatic N) is 5. The highest BCUT2D eigenvalue weighted by atomic mass is 127. The van der Waals surface area contributed by atoms with Gasteiger partial charge in [0.05, 0.1) is 0 Å². The van der Waals surface area contributed by atoms with Crippen LogP contribution in [0.1, 0.15) is 19.8 Å². The third-order valence-electron chi connectivity index (χ3n) is 5.63. The van der Waals surface area contributed by atoms with Crippen LogP contribution in [0.4, 0.5) is 13.2 Å². The van der Waals surface area contributed by atoms with Gasteiger partial charge in [-0.2, -0.15) is 13.2 Å². The Kier molecular flexibility index (Phi) is 11.4. The van der Waals surface area contributed by atoms with Crippen molar-refractivity contribution in [3.8, 4) is 0 Å². The normalized spacial score (nSPS) is 22.1. The maximum absolute atomic E-state index is 12.9. The molecule has 1 N–H and O–H groups in total. The summed E-state index contributed by atoms with van der Waals surface area (Å²) in [6.07, 6.45) is -1.95. The zero-order valence-corrected chi connectivity index (χ0v) is 19.7. The van der Waals surface area contributed by atoms with Crippen LogP contribution in [0, 0.1) is 0 Å². The molecule has 2 saturated heterocycles. The van der Waals surface area contributed by atoms with Gasteiger partial charge < -0.3 is 20.0 Å². The predicted octanol–water partition coefficient (Wildman–Crippen LogP) is 1.78. The Labute approximate surface area is 184 Å². The second-order valence-corrected chi connectivity index (χ2v) is 7.57. The summed E-state index contributed by atoms with van der Waals surface area (Å²) in [7, 11) is 3.90. The fraction of sp³-hybridized carbons (Fsp3) is 0.944. The number of piperazine rings is 2. The number of halogens is 4. The third kappa shape index (κ3) is 8.19. The van der Waals surface area contributed by atoms with Gasteiger partial charge in [0.1, 0.15) is 6.04 Å². The molecule has 166 valence electrons. The molecule has 2 rings (SSSR count). The van der Waals surface area contributed by atoms with Gasteiger partial charge in [-0.05, 0) is 33.4 Å². The second kappa shape index (κ2) is 12.4. The maximum atomic E-state index is 12.9. The molecule has 0 aliphatic carbocycles. The number of hydrogen-bond donors (Lipinski definition) is 1. The molecule has 0 saturated carbocycles. The smallest absolute Gasteiger partial charge is 0.356 e. The minimum atomic E-state index is -4.16. The zero-order chi connectivity index (χ0) is 19.9. The van der Waals surface area contributed by atoms with Gasteiger partial charge in [0.15, 0.2) is 5.96 Å². The van der Waals surface area contributed by atoms with Gasteiger partial charge in [0.25, 0.3) is 0 Å². The van der Waals surface area contributed by atoms with Crippen LogP contribution in [-0.2, 0) is 0 Å². The third-order valence-corrected chi connectivity index (χ3v) is 5.63. The molecule has 2 heterocycles. The minimum absolute atomic E-state index is 0. The topological polar surface area (TPSA) is 37.4 Å². The summed E-state index contributed by atoms with van der Waals surface area (Å²) in [5.41, 5.74) is 0. The SMILES string of the molecule is CN=C(NCCCCN1CCN(C)CC1)N1CCN(C(C)C(F)(F)F)CC1.I. The molecular formula is C18H36F3IN6. The van der Waals surface area contributed by atoms with E-state index < -0.39 is 12.2 Å². The Balaban J connectivity index is 0.00000392. The van der Waals surface area contributed by atoms with Crippen LogP contribution in [0.3, 0.4) is 0 Å². The van der Waals surface area contributed by atoms with Gasteiger partial charge in [-0.3, -0.25) is 9.89 Å². The van der Waals surface area contributed by atoms with Crippen LogP contribution in [-0.4, -0.2) is 117 Å². The molecule has 2 aliphatic rings. The lowest BCUT2D eigenvalue weighted by atomic mass is 10.2. The number of hydrogen-bond acceptors (Lipinski definition) is 4. The van der Waals surface area contributed by atoms with E-state index in [-0.39, 0.29) is 24.0 Å². The molecule has 0 spiro atoms. The quantitative estimate of drug-likeness (QED) is 0.250. The minimum Gasteiger partial charge on any atom is -0.356 e. The largest absolute Gasteiger partial charge is 0.403 e. The van der Waals surface area contributed by atoms with Gasteiger partial charge in [-0.1, -0.05) is 0 Å². The second-order valence-electron chi connectivity index (χ2n) is 7.57. The van der Waals surface area contributed by atoms with Gasteiger partial charge in [-0.15, -0.1) is 24.0 Å². The number of guanidine groups is 1. The van der Waals surface area contributed by atoms with Crippen LogP contribution in [0.25, 0.3) is 0 Å². The molecule has 1 atom stereocenters. The van der Waals surface area contributed by atoms with Crippen molar-refractivity contribution in [3.05, 3.63) is 0 Å². The Morgan fingerprint density at radius 3 is 2.14 bits per heavy atom. The molecule has 6 nitrogen and oxygen atoms in total. The van der Waals surface area contributed by atoms with Crippen molar-refractivity contribution in [2.75, 3.05) is 79.5 Å². The predicted molar refractivity (Wildman–Crippen MR) is 119 cm³/mol. The van der Waals surface area contributed by atoms with E-state index in [1.54, 1.807) is 7.05 Å². The summed E-state index contributed by atoms with van der Waals surface area (Å²) >= 11 is 0. The Hall–Kier alpha value is -0.330. The highest BCUT2D eigenvalue weighted by Gasteiger charge is 2.41. The first-order valence-electron chi connectivity index (χ1n) is 9.98. The van der Waals surface area contributed by atoms with Gasteiger partial charge in [0.2, 0.25) is 0 Å². The summed E-state index contributed by atoms with van der Waals surface area (Å²) in [6, 6.07) is -1.39. The summed E-state index contributed by atoms with van der Waals surface area (Å²) < 4.78 is 38.6. The molecule has 0 aromatic heterocycles. The highest BCUT2D eigenvalue weighted by Crippen LogP contribution is 2.25. The van der Waals surface area contributed by atoms with Crippen molar-refractivity contribution >= 4 is 29.9 Å². The molecule has 10 heteroatoms. The Morgan fingerprint density at radius 1 is 1.00 bits per heavy atom. The average molecular weight is 520 g/mol. The number of nitrogens with one attached hydrogen (secondary N) is 1. The Morgan fingerprint density at radius 2 is 1.61 bits per heavy atom. The summed E-state index contributed by atoms with van der Waals surface area (Å²) in [4.78, 5) is 12.7. The lowest BCUT2D eigenvalue weighted by molar-refractivity contribution is -0.181. The molecule has 2 aliphatic heterocycles. The highest BCUT2D eigenvalue weighted by molar-refractivity contribution is 14.0. The van der Waals surface area contributed by atoms with E-state index in [9.17, 15) is 13.2 Å². The van der Waals surface area contributed by atoms with Crippen molar-refractivity contribution in [3.63, 3.8) is 0 Å². The van der Waals surface area contributed by atoms with E-state index >= 15 is 0 Å². The van der Waals surface area contributed by atoms with E-state index in [0.717, 1.165) is 58.1 Å². The van der Waals surface area contributed by atoms with E-state index in [2.05, 4.69) is 32.1 Å². The van der Waals surface area contributed by atoms with E-state index in [1.807, 2.05) is 0 Å². The molecular weight excluding hydrogens is 484 g/mol. The van der Waals surface area contributed by atoms with E-state index in [0.29, 0.717) is 26.2 Å². The number of alkyl halides is 3. The van der Waals surface area contributed by atoms with Crippen molar-refractivity contribution in [2.24, 2.45) is 4.99 Å². The number of aliphatic imine (C=N–C) groups is 1. The number of likely N-dealkylation sites (N-methyl/N-ethyl adjacent to an activating group) is 1. The van der Waals surface area contributed by atoms with Crippen molar-refractivity contribution in [1.29, 1.82) is 0 Å². The van der Waals surface area contributed by atoms with Crippen molar-refractivity contribution in [1.82, 2.24) is 24.9 Å². The number of rotatable bonds is 6. The first kappa shape index (κ1) is 25.7. The van der Waals surface area contributed by atoms with Gasteiger partial charge in [0, 0.05) is 66.0 Å². The van der Waals surface area contributed by atoms with Gasteiger partial charge >= 0.3 is 6.18 Å². The molecule has 0 radical (unpaired) electrons. The molecule has 1 unspecified atom stereocenters. The first-order valence-corrected chi connectivity index (χ1v) is 9.98. The Bertz CT molecular complexity index is 461. The van der Waals surface area contributed by atoms with Gasteiger partial charge in [-0.25, -0.2) is 0 Å². The standard InChI is InChI=1S/C18H35F3N6.HI/c1-16(18(19,20)21)26-12-14-27(15-13-26)17(22-2)23-6-4-5-7-25-10-8-24(3)9-11-25;/h16H,4-15H2,1-3H3,(H,22,23);1H. The number of unbranched alkanes of at least 4 members (excludes halogenated alkanes) is 1. The monoisotopic (exact) mass is 520 g/mol. The van der Waals surface area contributed by atoms with Crippen LogP contribution in [0.5, 0.6) is 0 Å². The molecule has 2 fully saturated rings. The molecule has 0 amide bonds. The summed E-state index contributed by atoms with van der Waals surface area (Å²) in [5, 5.41) is 3.37. The lowest BCUT2D eigenvalue weighted by Gasteiger charge is -2.39. The van der Waals surface area contributed by atoms with Crippen LogP contribution >= 0.6 is 24.0 Å².